The summed E-state index contributed by atoms with van der Waals surface area (Å²) in [4.78, 5) is 26.9. The largest absolute Gasteiger partial charge is 0.480 e. The quantitative estimate of drug-likeness (QED) is 0.452. The van der Waals surface area contributed by atoms with Crippen LogP contribution in [0.3, 0.4) is 0 Å². The second-order valence-electron chi connectivity index (χ2n) is 6.32. The number of carboxylic acids is 1. The topological polar surface area (TPSA) is 57.6 Å². The van der Waals surface area contributed by atoms with Crippen LogP contribution in [0.1, 0.15) is 15.9 Å². The summed E-state index contributed by atoms with van der Waals surface area (Å²) in [6.45, 7) is 0. The van der Waals surface area contributed by atoms with Crippen molar-refractivity contribution in [3.05, 3.63) is 98.4 Å². The van der Waals surface area contributed by atoms with Crippen LogP contribution < -0.4 is 4.90 Å². The molecule has 3 aromatic rings. The molecule has 7 heteroatoms. The standard InChI is InChI=1S/C22H16BrCl2NO3/c23-15-6-9-17(10-7-15)26(21(27)18-11-8-16(24)13-19(18)25)20(22(28)29)12-14-4-2-1-3-5-14/h1-11,13,20H,12H2,(H,28,29)/t20-/m0/s1. The fourth-order valence-corrected chi connectivity index (χ4v) is 3.71. The lowest BCUT2D eigenvalue weighted by Crippen LogP contribution is -2.47. The van der Waals surface area contributed by atoms with Crippen LogP contribution in [0.25, 0.3) is 0 Å². The number of rotatable bonds is 6. The van der Waals surface area contributed by atoms with Crippen molar-refractivity contribution in [3.8, 4) is 0 Å². The molecule has 1 amide bonds. The summed E-state index contributed by atoms with van der Waals surface area (Å²) in [6, 6.07) is 19.4. The first-order valence-electron chi connectivity index (χ1n) is 8.67. The number of hydrogen-bond donors (Lipinski definition) is 1. The number of aliphatic carboxylic acids is 1. The fraction of sp³-hybridized carbons (Fsp3) is 0.0909. The van der Waals surface area contributed by atoms with E-state index in [9.17, 15) is 14.7 Å². The Bertz CT molecular complexity index is 1030. The molecule has 0 saturated carbocycles. The SMILES string of the molecule is O=C(O)[C@H](Cc1ccccc1)N(C(=O)c1ccc(Cl)cc1Cl)c1ccc(Br)cc1. The lowest BCUT2D eigenvalue weighted by molar-refractivity contribution is -0.138. The van der Waals surface area contributed by atoms with Gasteiger partial charge < -0.3 is 5.11 Å². The van der Waals surface area contributed by atoms with E-state index in [1.54, 1.807) is 30.3 Å². The maximum Gasteiger partial charge on any atom is 0.327 e. The highest BCUT2D eigenvalue weighted by Gasteiger charge is 2.33. The summed E-state index contributed by atoms with van der Waals surface area (Å²) in [5.74, 6) is -1.63. The summed E-state index contributed by atoms with van der Waals surface area (Å²) in [7, 11) is 0. The van der Waals surface area contributed by atoms with Crippen molar-refractivity contribution >= 4 is 56.7 Å². The number of carbonyl (C=O) groups is 2. The molecule has 0 bridgehead atoms. The highest BCUT2D eigenvalue weighted by molar-refractivity contribution is 9.10. The molecule has 0 unspecified atom stereocenters. The first-order chi connectivity index (χ1) is 13.9. The van der Waals surface area contributed by atoms with Crippen molar-refractivity contribution in [1.29, 1.82) is 0 Å². The number of halogens is 3. The number of carboxylic acid groups (broad SMARTS) is 1. The van der Waals surface area contributed by atoms with E-state index in [1.807, 2.05) is 30.3 Å². The molecule has 29 heavy (non-hydrogen) atoms. The molecule has 0 saturated heterocycles. The number of anilines is 1. The van der Waals surface area contributed by atoms with Gasteiger partial charge in [-0.1, -0.05) is 69.5 Å². The monoisotopic (exact) mass is 491 g/mol. The van der Waals surface area contributed by atoms with Crippen LogP contribution in [0, 0.1) is 0 Å². The minimum absolute atomic E-state index is 0.142. The average molecular weight is 493 g/mol. The first-order valence-corrected chi connectivity index (χ1v) is 10.2. The minimum atomic E-state index is -1.13. The Hall–Kier alpha value is -2.34. The van der Waals surface area contributed by atoms with E-state index in [0.717, 1.165) is 10.0 Å². The molecule has 0 spiro atoms. The summed E-state index contributed by atoms with van der Waals surface area (Å²) in [5, 5.41) is 10.5. The van der Waals surface area contributed by atoms with Crippen molar-refractivity contribution in [2.45, 2.75) is 12.5 Å². The van der Waals surface area contributed by atoms with Crippen molar-refractivity contribution in [2.24, 2.45) is 0 Å². The van der Waals surface area contributed by atoms with Gasteiger partial charge in [-0.25, -0.2) is 4.79 Å². The summed E-state index contributed by atoms with van der Waals surface area (Å²) >= 11 is 15.5. The van der Waals surface area contributed by atoms with Gasteiger partial charge in [0.25, 0.3) is 5.91 Å². The highest BCUT2D eigenvalue weighted by atomic mass is 79.9. The number of hydrogen-bond acceptors (Lipinski definition) is 2. The Morgan fingerprint density at radius 3 is 2.21 bits per heavy atom. The molecule has 0 fully saturated rings. The molecular weight excluding hydrogens is 477 g/mol. The lowest BCUT2D eigenvalue weighted by atomic mass is 10.0. The van der Waals surface area contributed by atoms with E-state index in [4.69, 9.17) is 23.2 Å². The summed E-state index contributed by atoms with van der Waals surface area (Å²) < 4.78 is 0.813. The maximum absolute atomic E-state index is 13.4. The molecule has 0 heterocycles. The van der Waals surface area contributed by atoms with Gasteiger partial charge in [-0.2, -0.15) is 0 Å². The highest BCUT2D eigenvalue weighted by Crippen LogP contribution is 2.28. The molecule has 148 valence electrons. The Balaban J connectivity index is 2.09. The van der Waals surface area contributed by atoms with Gasteiger partial charge in [0.05, 0.1) is 10.6 Å². The van der Waals surface area contributed by atoms with E-state index in [0.29, 0.717) is 10.7 Å². The van der Waals surface area contributed by atoms with E-state index < -0.39 is 17.9 Å². The number of nitrogens with zero attached hydrogens (tertiary/aromatic N) is 1. The van der Waals surface area contributed by atoms with E-state index in [-0.39, 0.29) is 17.0 Å². The van der Waals surface area contributed by atoms with Gasteiger partial charge in [0.15, 0.2) is 0 Å². The second-order valence-corrected chi connectivity index (χ2v) is 8.08. The molecule has 0 radical (unpaired) electrons. The Labute approximate surface area is 186 Å². The average Bonchev–Trinajstić information content (AvgIpc) is 2.69. The minimum Gasteiger partial charge on any atom is -0.480 e. The molecule has 0 aliphatic heterocycles. The maximum atomic E-state index is 13.4. The Kier molecular flexibility index (Phi) is 6.96. The van der Waals surface area contributed by atoms with E-state index in [1.165, 1.54) is 17.0 Å². The molecule has 0 aliphatic rings. The molecule has 3 rings (SSSR count). The van der Waals surface area contributed by atoms with Gasteiger partial charge in [-0.15, -0.1) is 0 Å². The normalized spacial score (nSPS) is 11.7. The fourth-order valence-electron chi connectivity index (χ4n) is 2.96. The van der Waals surface area contributed by atoms with Gasteiger partial charge in [0, 0.05) is 21.6 Å². The third-order valence-corrected chi connectivity index (χ3v) is 5.43. The van der Waals surface area contributed by atoms with Crippen molar-refractivity contribution in [1.82, 2.24) is 0 Å². The van der Waals surface area contributed by atoms with Crippen LogP contribution in [-0.2, 0) is 11.2 Å². The molecule has 4 nitrogen and oxygen atoms in total. The van der Waals surface area contributed by atoms with Gasteiger partial charge in [-0.3, -0.25) is 9.69 Å². The van der Waals surface area contributed by atoms with Crippen molar-refractivity contribution < 1.29 is 14.7 Å². The van der Waals surface area contributed by atoms with Crippen molar-refractivity contribution in [2.75, 3.05) is 4.90 Å². The second kappa shape index (κ2) is 9.44. The van der Waals surface area contributed by atoms with Gasteiger partial charge in [-0.05, 0) is 48.0 Å². The van der Waals surface area contributed by atoms with E-state index >= 15 is 0 Å². The number of amides is 1. The molecule has 1 atom stereocenters. The zero-order valence-corrected chi connectivity index (χ0v) is 18.2. The van der Waals surface area contributed by atoms with Gasteiger partial charge >= 0.3 is 5.97 Å². The molecule has 0 aromatic heterocycles. The Morgan fingerprint density at radius 2 is 1.62 bits per heavy atom. The molecule has 0 aliphatic carbocycles. The van der Waals surface area contributed by atoms with Crippen LogP contribution in [0.2, 0.25) is 10.0 Å². The predicted octanol–water partition coefficient (Wildman–Crippen LogP) is 6.10. The molecular formula is C22H16BrCl2NO3. The third-order valence-electron chi connectivity index (χ3n) is 4.35. The van der Waals surface area contributed by atoms with Gasteiger partial charge in [0.2, 0.25) is 0 Å². The van der Waals surface area contributed by atoms with Crippen LogP contribution in [-0.4, -0.2) is 23.0 Å². The zero-order valence-electron chi connectivity index (χ0n) is 15.1. The Morgan fingerprint density at radius 1 is 0.966 bits per heavy atom. The molecule has 1 N–H and O–H groups in total. The predicted molar refractivity (Wildman–Crippen MR) is 119 cm³/mol. The zero-order chi connectivity index (χ0) is 21.0. The van der Waals surface area contributed by atoms with E-state index in [2.05, 4.69) is 15.9 Å². The van der Waals surface area contributed by atoms with Crippen LogP contribution in [0.15, 0.2) is 77.3 Å². The van der Waals surface area contributed by atoms with Crippen LogP contribution >= 0.6 is 39.1 Å². The first kappa shape index (κ1) is 21.4. The summed E-state index contributed by atoms with van der Waals surface area (Å²) in [5.41, 5.74) is 1.43. The molecule has 3 aromatic carbocycles. The lowest BCUT2D eigenvalue weighted by Gasteiger charge is -2.30. The van der Waals surface area contributed by atoms with Crippen LogP contribution in [0.4, 0.5) is 5.69 Å². The van der Waals surface area contributed by atoms with Crippen LogP contribution in [0.5, 0.6) is 0 Å². The van der Waals surface area contributed by atoms with Crippen molar-refractivity contribution in [3.63, 3.8) is 0 Å². The van der Waals surface area contributed by atoms with Gasteiger partial charge in [0.1, 0.15) is 6.04 Å². The number of benzene rings is 3. The summed E-state index contributed by atoms with van der Waals surface area (Å²) in [6.07, 6.45) is 0.142. The smallest absolute Gasteiger partial charge is 0.327 e. The number of carbonyl (C=O) groups excluding carboxylic acids is 1. The third kappa shape index (κ3) is 5.18.